The average Bonchev–Trinajstić information content (AvgIpc) is 3.06. The van der Waals surface area contributed by atoms with E-state index in [1.54, 1.807) is 7.11 Å². The summed E-state index contributed by atoms with van der Waals surface area (Å²) in [6, 6.07) is 12.0. The Labute approximate surface area is 154 Å². The van der Waals surface area contributed by atoms with Crippen LogP contribution in [0.5, 0.6) is 11.5 Å². The smallest absolute Gasteiger partial charge is 0.161 e. The lowest BCUT2D eigenvalue weighted by Crippen LogP contribution is -2.17. The Morgan fingerprint density at radius 3 is 2.88 bits per heavy atom. The number of rotatable bonds is 9. The normalized spacial score (nSPS) is 10.8. The third kappa shape index (κ3) is 4.64. The van der Waals surface area contributed by atoms with E-state index in [0.717, 1.165) is 53.5 Å². The van der Waals surface area contributed by atoms with Crippen LogP contribution >= 0.6 is 0 Å². The SMILES string of the molecule is C=C(C)COc1cc(CNCCc2cn3ccccc3n2)ccc1OC. The number of hydrogen-bond acceptors (Lipinski definition) is 4. The van der Waals surface area contributed by atoms with Gasteiger partial charge >= 0.3 is 0 Å². The number of pyridine rings is 1. The highest BCUT2D eigenvalue weighted by Gasteiger charge is 2.06. The summed E-state index contributed by atoms with van der Waals surface area (Å²) in [7, 11) is 1.65. The van der Waals surface area contributed by atoms with E-state index in [1.165, 1.54) is 0 Å². The average molecular weight is 351 g/mol. The monoisotopic (exact) mass is 351 g/mol. The van der Waals surface area contributed by atoms with Crippen molar-refractivity contribution in [3.8, 4) is 11.5 Å². The molecule has 0 aliphatic heterocycles. The van der Waals surface area contributed by atoms with E-state index in [9.17, 15) is 0 Å². The minimum absolute atomic E-state index is 0.487. The molecule has 0 radical (unpaired) electrons. The zero-order valence-corrected chi connectivity index (χ0v) is 15.4. The standard InChI is InChI=1S/C21H25N3O2/c1-16(2)15-26-20-12-17(7-8-19(20)25-3)13-22-10-9-18-14-24-11-5-4-6-21(24)23-18/h4-8,11-12,14,22H,1,9-10,13,15H2,2-3H3. The van der Waals surface area contributed by atoms with Gasteiger partial charge in [0.15, 0.2) is 11.5 Å². The van der Waals surface area contributed by atoms with Gasteiger partial charge in [-0.25, -0.2) is 4.98 Å². The number of methoxy groups -OCH3 is 1. The second-order valence-electron chi connectivity index (χ2n) is 6.36. The molecule has 2 aromatic heterocycles. The molecule has 0 saturated carbocycles. The fourth-order valence-corrected chi connectivity index (χ4v) is 2.70. The summed E-state index contributed by atoms with van der Waals surface area (Å²) in [4.78, 5) is 4.61. The molecule has 0 aliphatic carbocycles. The molecule has 0 amide bonds. The Balaban J connectivity index is 1.53. The molecule has 136 valence electrons. The van der Waals surface area contributed by atoms with Gasteiger partial charge in [0.05, 0.1) is 12.8 Å². The number of nitrogens with one attached hydrogen (secondary N) is 1. The zero-order valence-electron chi connectivity index (χ0n) is 15.4. The minimum Gasteiger partial charge on any atom is -0.493 e. The number of benzene rings is 1. The molecule has 2 heterocycles. The van der Waals surface area contributed by atoms with Crippen molar-refractivity contribution < 1.29 is 9.47 Å². The molecule has 0 aliphatic rings. The van der Waals surface area contributed by atoms with Gasteiger partial charge in [-0.05, 0) is 42.3 Å². The van der Waals surface area contributed by atoms with Crippen LogP contribution in [0.4, 0.5) is 0 Å². The first-order valence-corrected chi connectivity index (χ1v) is 8.73. The van der Waals surface area contributed by atoms with Crippen molar-refractivity contribution in [2.45, 2.75) is 19.9 Å². The summed E-state index contributed by atoms with van der Waals surface area (Å²) in [6.45, 7) is 7.92. The Morgan fingerprint density at radius 1 is 1.23 bits per heavy atom. The first-order valence-electron chi connectivity index (χ1n) is 8.73. The van der Waals surface area contributed by atoms with E-state index < -0.39 is 0 Å². The van der Waals surface area contributed by atoms with Gasteiger partial charge in [0.2, 0.25) is 0 Å². The van der Waals surface area contributed by atoms with Gasteiger partial charge < -0.3 is 19.2 Å². The van der Waals surface area contributed by atoms with E-state index in [0.29, 0.717) is 6.61 Å². The second kappa shape index (κ2) is 8.54. The molecule has 0 bridgehead atoms. The summed E-state index contributed by atoms with van der Waals surface area (Å²) in [6.07, 6.45) is 4.98. The van der Waals surface area contributed by atoms with Gasteiger partial charge in [-0.15, -0.1) is 0 Å². The van der Waals surface area contributed by atoms with Gasteiger partial charge in [-0.3, -0.25) is 0 Å². The first-order chi connectivity index (χ1) is 12.7. The molecule has 0 saturated heterocycles. The Bertz CT molecular complexity index is 853. The van der Waals surface area contributed by atoms with Gasteiger partial charge in [0, 0.05) is 31.9 Å². The van der Waals surface area contributed by atoms with Gasteiger partial charge in [0.1, 0.15) is 12.3 Å². The van der Waals surface area contributed by atoms with Crippen LogP contribution in [0, 0.1) is 0 Å². The summed E-state index contributed by atoms with van der Waals surface area (Å²) in [5.41, 5.74) is 4.20. The minimum atomic E-state index is 0.487. The summed E-state index contributed by atoms with van der Waals surface area (Å²) < 4.78 is 13.2. The lowest BCUT2D eigenvalue weighted by atomic mass is 10.2. The number of fused-ring (bicyclic) bond motifs is 1. The highest BCUT2D eigenvalue weighted by molar-refractivity contribution is 5.43. The van der Waals surface area contributed by atoms with Crippen molar-refractivity contribution in [2.75, 3.05) is 20.3 Å². The van der Waals surface area contributed by atoms with Crippen molar-refractivity contribution in [3.05, 3.63) is 72.2 Å². The molecule has 26 heavy (non-hydrogen) atoms. The molecule has 5 heteroatoms. The topological polar surface area (TPSA) is 47.8 Å². The van der Waals surface area contributed by atoms with Crippen molar-refractivity contribution in [3.63, 3.8) is 0 Å². The third-order valence-corrected chi connectivity index (χ3v) is 4.00. The van der Waals surface area contributed by atoms with Crippen LogP contribution in [0.3, 0.4) is 0 Å². The first kappa shape index (κ1) is 18.0. The maximum Gasteiger partial charge on any atom is 0.161 e. The lowest BCUT2D eigenvalue weighted by molar-refractivity contribution is 0.319. The van der Waals surface area contributed by atoms with Crippen molar-refractivity contribution in [2.24, 2.45) is 0 Å². The fraction of sp³-hybridized carbons (Fsp3) is 0.286. The molecular weight excluding hydrogens is 326 g/mol. The van der Waals surface area contributed by atoms with E-state index in [1.807, 2.05) is 53.9 Å². The summed E-state index contributed by atoms with van der Waals surface area (Å²) in [5, 5.41) is 3.46. The van der Waals surface area contributed by atoms with E-state index in [4.69, 9.17) is 9.47 Å². The van der Waals surface area contributed by atoms with Crippen LogP contribution in [0.25, 0.3) is 5.65 Å². The fourth-order valence-electron chi connectivity index (χ4n) is 2.70. The second-order valence-corrected chi connectivity index (χ2v) is 6.36. The predicted octanol–water partition coefficient (Wildman–Crippen LogP) is 3.63. The number of ether oxygens (including phenoxy) is 2. The molecule has 0 unspecified atom stereocenters. The molecule has 0 fully saturated rings. The Kier molecular flexibility index (Phi) is 5.92. The molecule has 1 N–H and O–H groups in total. The van der Waals surface area contributed by atoms with Crippen LogP contribution in [0.1, 0.15) is 18.2 Å². The highest BCUT2D eigenvalue weighted by Crippen LogP contribution is 2.28. The number of hydrogen-bond donors (Lipinski definition) is 1. The van der Waals surface area contributed by atoms with Crippen molar-refractivity contribution in [1.82, 2.24) is 14.7 Å². The summed E-state index contributed by atoms with van der Waals surface area (Å²) >= 11 is 0. The molecule has 5 nitrogen and oxygen atoms in total. The molecule has 0 spiro atoms. The van der Waals surface area contributed by atoms with Crippen molar-refractivity contribution >= 4 is 5.65 Å². The highest BCUT2D eigenvalue weighted by atomic mass is 16.5. The lowest BCUT2D eigenvalue weighted by Gasteiger charge is -2.12. The van der Waals surface area contributed by atoms with E-state index in [2.05, 4.69) is 23.1 Å². The summed E-state index contributed by atoms with van der Waals surface area (Å²) in [5.74, 6) is 1.48. The maximum absolute atomic E-state index is 5.77. The zero-order chi connectivity index (χ0) is 18.4. The van der Waals surface area contributed by atoms with Crippen molar-refractivity contribution in [1.29, 1.82) is 0 Å². The largest absolute Gasteiger partial charge is 0.493 e. The van der Waals surface area contributed by atoms with Crippen LogP contribution < -0.4 is 14.8 Å². The number of imidazole rings is 1. The van der Waals surface area contributed by atoms with E-state index in [-0.39, 0.29) is 0 Å². The molecule has 1 aromatic carbocycles. The third-order valence-electron chi connectivity index (χ3n) is 4.00. The predicted molar refractivity (Wildman–Crippen MR) is 104 cm³/mol. The van der Waals surface area contributed by atoms with Gasteiger partial charge in [0.25, 0.3) is 0 Å². The van der Waals surface area contributed by atoms with Gasteiger partial charge in [-0.2, -0.15) is 0 Å². The van der Waals surface area contributed by atoms with Crippen LogP contribution in [-0.2, 0) is 13.0 Å². The van der Waals surface area contributed by atoms with E-state index >= 15 is 0 Å². The Morgan fingerprint density at radius 2 is 2.12 bits per heavy atom. The number of nitrogens with zero attached hydrogens (tertiary/aromatic N) is 2. The van der Waals surface area contributed by atoms with Crippen LogP contribution in [0.2, 0.25) is 0 Å². The van der Waals surface area contributed by atoms with Crippen LogP contribution in [-0.4, -0.2) is 29.6 Å². The van der Waals surface area contributed by atoms with Crippen LogP contribution in [0.15, 0.2) is 60.9 Å². The molecular formula is C21H25N3O2. The molecule has 0 atom stereocenters. The number of aromatic nitrogens is 2. The molecule has 3 aromatic rings. The van der Waals surface area contributed by atoms with Gasteiger partial charge in [-0.1, -0.05) is 18.7 Å². The quantitative estimate of drug-likeness (QED) is 0.472. The Hall–Kier alpha value is -2.79. The maximum atomic E-state index is 5.77. The molecule has 3 rings (SSSR count).